The zero-order valence-corrected chi connectivity index (χ0v) is 49.7. The van der Waals surface area contributed by atoms with Crippen LogP contribution in [-0.4, -0.2) is 100 Å². The maximum Gasteiger partial charge on any atom is 0.414 e. The van der Waals surface area contributed by atoms with Gasteiger partial charge in [0, 0.05) is 97.1 Å². The van der Waals surface area contributed by atoms with Gasteiger partial charge in [0.2, 0.25) is 29.5 Å². The summed E-state index contributed by atoms with van der Waals surface area (Å²) in [5, 5.41) is 16.2. The number of fused-ring (bicyclic) bond motifs is 6. The van der Waals surface area contributed by atoms with Crippen LogP contribution < -0.4 is 45.9 Å². The number of amides is 7. The van der Waals surface area contributed by atoms with E-state index in [1.165, 1.54) is 17.8 Å². The Morgan fingerprint density at radius 3 is 1.46 bits per heavy atom. The molecule has 0 bridgehead atoms. The van der Waals surface area contributed by atoms with Crippen molar-refractivity contribution in [1.29, 1.82) is 0 Å². The van der Waals surface area contributed by atoms with E-state index in [1.807, 2.05) is 78.9 Å². The first-order valence-corrected chi connectivity index (χ1v) is 28.8. The molecular formula is C63H67Cl2N9O11. The molecule has 6 aromatic carbocycles. The number of alkyl halides is 2. The Kier molecular flexibility index (Phi) is 18.5. The summed E-state index contributed by atoms with van der Waals surface area (Å²) in [7, 11) is 1.53. The number of ether oxygens (including phenoxy) is 4. The number of carbonyl (C=O) groups is 7. The minimum absolute atomic E-state index is 0.0411. The fraction of sp³-hybridized carbons (Fsp3) is 0.333. The van der Waals surface area contributed by atoms with Crippen molar-refractivity contribution < 1.29 is 52.5 Å². The smallest absolute Gasteiger partial charge is 0.414 e. The number of nitrogens with one attached hydrogen (secondary N) is 5. The number of hydrogen-bond donors (Lipinski definition) is 5. The van der Waals surface area contributed by atoms with Gasteiger partial charge in [0.25, 0.3) is 5.91 Å². The lowest BCUT2D eigenvalue weighted by atomic mass is 9.95. The predicted molar refractivity (Wildman–Crippen MR) is 327 cm³/mol. The van der Waals surface area contributed by atoms with Crippen LogP contribution in [-0.2, 0) is 48.9 Å². The zero-order valence-electron chi connectivity index (χ0n) is 48.2. The van der Waals surface area contributed by atoms with Gasteiger partial charge in [0.05, 0.1) is 24.5 Å². The Hall–Kier alpha value is -8.88. The van der Waals surface area contributed by atoms with Crippen molar-refractivity contribution in [1.82, 2.24) is 20.2 Å². The highest BCUT2D eigenvalue weighted by Gasteiger charge is 2.39. The van der Waals surface area contributed by atoms with E-state index in [-0.39, 0.29) is 61.3 Å². The summed E-state index contributed by atoms with van der Waals surface area (Å²) in [4.78, 5) is 100. The lowest BCUT2D eigenvalue weighted by molar-refractivity contribution is -0.123. The summed E-state index contributed by atoms with van der Waals surface area (Å²) in [5.74, 6) is -1.99. The number of anilines is 5. The van der Waals surface area contributed by atoms with Crippen LogP contribution in [0, 0.1) is 0 Å². The minimum atomic E-state index is -0.729. The average molecular weight is 1200 g/mol. The fourth-order valence-corrected chi connectivity index (χ4v) is 10.6. The standard InChI is InChI=1S/C63H67Cl2N9O11/c1-62(2,3)84-60(80)73-32-39(28-64)56-43-20-18-41(24-45(43)49(26-47(56)73)82-35-37-14-10-8-11-15-37)68-52(75)22-23-53(76)70-51-34-72(7)58(71-51)59(79)67-30-54(77)66-31-55(78)69-42-19-21-44-46(25-42)50(83-36-38-16-12-9-13-17-38)27-48-57(44)40(29-65)33-74(48)61(81)85-63(4,5)6/h8-21,24-27,34,39-40H,22-23,28-33,35-36H2,1-7H3,(H,66,77)(H,67,79)(H,68,75)(H,69,78)(H,70,76). The van der Waals surface area contributed by atoms with Gasteiger partial charge < -0.3 is 50.1 Å². The molecule has 0 saturated heterocycles. The van der Waals surface area contributed by atoms with E-state index in [1.54, 1.807) is 81.7 Å². The van der Waals surface area contributed by atoms with Crippen molar-refractivity contribution >= 4 is 115 Å². The summed E-state index contributed by atoms with van der Waals surface area (Å²) in [6.45, 7) is 11.0. The number of rotatable bonds is 19. The third-order valence-corrected chi connectivity index (χ3v) is 14.6. The molecule has 85 heavy (non-hydrogen) atoms. The maximum absolute atomic E-state index is 13.5. The van der Waals surface area contributed by atoms with E-state index in [9.17, 15) is 33.6 Å². The number of halogens is 2. The molecule has 1 aromatic heterocycles. The highest BCUT2D eigenvalue weighted by atomic mass is 35.5. The third-order valence-electron chi connectivity index (χ3n) is 13.9. The monoisotopic (exact) mass is 1200 g/mol. The molecule has 3 heterocycles. The van der Waals surface area contributed by atoms with E-state index in [2.05, 4.69) is 31.6 Å². The minimum Gasteiger partial charge on any atom is -0.488 e. The summed E-state index contributed by atoms with van der Waals surface area (Å²) >= 11 is 13.0. The number of nitrogens with zero attached hydrogens (tertiary/aromatic N) is 4. The van der Waals surface area contributed by atoms with Gasteiger partial charge in [-0.15, -0.1) is 23.2 Å². The molecule has 7 aromatic rings. The molecule has 0 aliphatic carbocycles. The molecule has 0 saturated carbocycles. The Bertz CT molecular complexity index is 3700. The lowest BCUT2D eigenvalue weighted by Gasteiger charge is -2.25. The SMILES string of the molecule is Cn1cc(NC(=O)CCC(=O)Nc2ccc3c4c(cc(OCc5ccccc5)c3c2)N(C(=O)OC(C)(C)C)CC4CCl)nc1C(=O)NCC(=O)NCC(=O)Nc1ccc2c3c(cc(OCc4ccccc4)c2c1)N(C(=O)OC(C)(C)C)CC3CCl. The first-order chi connectivity index (χ1) is 40.5. The van der Waals surface area contributed by atoms with Crippen LogP contribution in [0.5, 0.6) is 11.5 Å². The van der Waals surface area contributed by atoms with Crippen molar-refractivity contribution in [3.8, 4) is 11.5 Å². The fourth-order valence-electron chi connectivity index (χ4n) is 10.1. The van der Waals surface area contributed by atoms with Crippen molar-refractivity contribution in [2.45, 2.75) is 90.6 Å². The molecule has 2 aliphatic heterocycles. The molecule has 2 unspecified atom stereocenters. The van der Waals surface area contributed by atoms with Crippen LogP contribution >= 0.6 is 23.2 Å². The van der Waals surface area contributed by atoms with Gasteiger partial charge in [-0.05, 0) is 98.8 Å². The Morgan fingerprint density at radius 2 is 1.00 bits per heavy atom. The molecule has 22 heteroatoms. The highest BCUT2D eigenvalue weighted by molar-refractivity contribution is 6.19. The molecule has 20 nitrogen and oxygen atoms in total. The Labute approximate surface area is 501 Å². The molecule has 0 spiro atoms. The summed E-state index contributed by atoms with van der Waals surface area (Å²) < 4.78 is 25.7. The first-order valence-electron chi connectivity index (χ1n) is 27.7. The summed E-state index contributed by atoms with van der Waals surface area (Å²) in [6, 6.07) is 33.5. The van der Waals surface area contributed by atoms with Crippen molar-refractivity contribution in [2.24, 2.45) is 7.05 Å². The van der Waals surface area contributed by atoms with Crippen molar-refractivity contribution in [3.63, 3.8) is 0 Å². The van der Waals surface area contributed by atoms with E-state index in [4.69, 9.17) is 42.1 Å². The van der Waals surface area contributed by atoms with Crippen LogP contribution in [0.3, 0.4) is 0 Å². The van der Waals surface area contributed by atoms with E-state index in [0.717, 1.165) is 33.0 Å². The quantitative estimate of drug-likeness (QED) is 0.0475. The molecule has 7 amide bonds. The van der Waals surface area contributed by atoms with Gasteiger partial charge in [-0.2, -0.15) is 0 Å². The van der Waals surface area contributed by atoms with Gasteiger partial charge in [-0.1, -0.05) is 72.8 Å². The van der Waals surface area contributed by atoms with Gasteiger partial charge in [-0.3, -0.25) is 33.8 Å². The maximum atomic E-state index is 13.5. The van der Waals surface area contributed by atoms with E-state index >= 15 is 0 Å². The number of hydrogen-bond acceptors (Lipinski definition) is 12. The Morgan fingerprint density at radius 1 is 0.553 bits per heavy atom. The summed E-state index contributed by atoms with van der Waals surface area (Å²) in [5.41, 5.74) is 4.22. The van der Waals surface area contributed by atoms with Gasteiger partial charge in [0.1, 0.15) is 35.9 Å². The van der Waals surface area contributed by atoms with Crippen LogP contribution in [0.4, 0.5) is 38.2 Å². The molecule has 9 rings (SSSR count). The predicted octanol–water partition coefficient (Wildman–Crippen LogP) is 10.9. The molecule has 5 N–H and O–H groups in total. The van der Waals surface area contributed by atoms with E-state index in [0.29, 0.717) is 58.1 Å². The second-order valence-corrected chi connectivity index (χ2v) is 23.4. The van der Waals surface area contributed by atoms with Crippen molar-refractivity contribution in [2.75, 3.05) is 63.7 Å². The second kappa shape index (κ2) is 25.9. The molecule has 2 aliphatic rings. The highest BCUT2D eigenvalue weighted by Crippen LogP contribution is 2.48. The molecule has 0 radical (unpaired) electrons. The molecule has 0 fully saturated rings. The molecule has 2 atom stereocenters. The van der Waals surface area contributed by atoms with Crippen molar-refractivity contribution in [3.05, 3.63) is 143 Å². The second-order valence-electron chi connectivity index (χ2n) is 22.7. The lowest BCUT2D eigenvalue weighted by Crippen LogP contribution is -2.40. The van der Waals surface area contributed by atoms with Gasteiger partial charge in [0.15, 0.2) is 5.82 Å². The number of imidazole rings is 1. The number of aryl methyl sites for hydroxylation is 1. The van der Waals surface area contributed by atoms with Crippen LogP contribution in [0.25, 0.3) is 21.5 Å². The Balaban J connectivity index is 0.777. The van der Waals surface area contributed by atoms with Gasteiger partial charge in [-0.25, -0.2) is 14.6 Å². The van der Waals surface area contributed by atoms with Crippen LogP contribution in [0.15, 0.2) is 115 Å². The number of carbonyl (C=O) groups excluding carboxylic acids is 7. The summed E-state index contributed by atoms with van der Waals surface area (Å²) in [6.07, 6.45) is -0.00957. The average Bonchev–Trinajstić information content (AvgIpc) is 1.75. The largest absolute Gasteiger partial charge is 0.488 e. The topological polar surface area (TPSA) is 241 Å². The molecular weight excluding hydrogens is 1130 g/mol. The zero-order chi connectivity index (χ0) is 60.7. The normalized spacial score (nSPS) is 14.5. The number of aromatic nitrogens is 2. The first kappa shape index (κ1) is 60.7. The van der Waals surface area contributed by atoms with E-state index < -0.39 is 66.0 Å². The third kappa shape index (κ3) is 14.9. The van der Waals surface area contributed by atoms with Crippen LogP contribution in [0.1, 0.15) is 99.1 Å². The van der Waals surface area contributed by atoms with Gasteiger partial charge >= 0.3 is 12.2 Å². The number of benzene rings is 6. The molecule has 444 valence electrons. The van der Waals surface area contributed by atoms with Crippen LogP contribution in [0.2, 0.25) is 0 Å².